The lowest BCUT2D eigenvalue weighted by molar-refractivity contribution is -0.138. The van der Waals surface area contributed by atoms with Crippen LogP contribution in [-0.4, -0.2) is 11.1 Å². The molecule has 0 spiro atoms. The second-order valence-corrected chi connectivity index (χ2v) is 4.50. The lowest BCUT2D eigenvalue weighted by atomic mass is 9.74. The first-order valence-corrected chi connectivity index (χ1v) is 5.58. The van der Waals surface area contributed by atoms with E-state index in [0.717, 1.165) is 24.0 Å². The molecule has 1 aromatic rings. The van der Waals surface area contributed by atoms with Crippen molar-refractivity contribution >= 4 is 5.97 Å². The first-order valence-electron chi connectivity index (χ1n) is 5.58. The van der Waals surface area contributed by atoms with Gasteiger partial charge in [0.15, 0.2) is 0 Å². The minimum atomic E-state index is -0.795. The predicted octanol–water partition coefficient (Wildman–Crippen LogP) is 2.97. The highest BCUT2D eigenvalue weighted by atomic mass is 19.1. The Morgan fingerprint density at radius 3 is 3.00 bits per heavy atom. The Bertz CT molecular complexity index is 414. The van der Waals surface area contributed by atoms with Gasteiger partial charge in [0.25, 0.3) is 0 Å². The Labute approximate surface area is 94.1 Å². The van der Waals surface area contributed by atoms with Crippen LogP contribution in [0, 0.1) is 11.7 Å². The molecule has 0 amide bonds. The number of carboxylic acid groups (broad SMARTS) is 1. The molecular weight excluding hydrogens is 207 g/mol. The smallest absolute Gasteiger partial charge is 0.303 e. The number of hydrogen-bond acceptors (Lipinski definition) is 1. The molecule has 2 rings (SSSR count). The van der Waals surface area contributed by atoms with Gasteiger partial charge in [-0.3, -0.25) is 4.79 Å². The Kier molecular flexibility index (Phi) is 2.95. The molecule has 1 aliphatic rings. The number of hydrogen-bond donors (Lipinski definition) is 1. The number of carboxylic acids is 1. The molecule has 2 atom stereocenters. The highest BCUT2D eigenvalue weighted by Crippen LogP contribution is 2.38. The van der Waals surface area contributed by atoms with Crippen LogP contribution in [0.25, 0.3) is 0 Å². The first-order chi connectivity index (χ1) is 7.59. The molecule has 0 fully saturated rings. The van der Waals surface area contributed by atoms with Crippen molar-refractivity contribution in [3.63, 3.8) is 0 Å². The summed E-state index contributed by atoms with van der Waals surface area (Å²) in [5.41, 5.74) is 1.76. The van der Waals surface area contributed by atoms with E-state index in [1.165, 1.54) is 6.07 Å². The van der Waals surface area contributed by atoms with Crippen molar-refractivity contribution in [2.24, 2.45) is 5.92 Å². The van der Waals surface area contributed by atoms with Crippen molar-refractivity contribution < 1.29 is 14.3 Å². The standard InChI is InChI=1S/C13H15FO2/c1-8-10(7-12(15)16)6-5-9-3-2-4-11(14)13(8)9/h2-4,8,10H,5-7H2,1H3,(H,15,16). The van der Waals surface area contributed by atoms with Crippen LogP contribution in [-0.2, 0) is 11.2 Å². The van der Waals surface area contributed by atoms with Crippen LogP contribution in [0.15, 0.2) is 18.2 Å². The Morgan fingerprint density at radius 1 is 1.56 bits per heavy atom. The summed E-state index contributed by atoms with van der Waals surface area (Å²) in [6.07, 6.45) is 1.76. The molecule has 16 heavy (non-hydrogen) atoms. The molecule has 0 aliphatic heterocycles. The zero-order chi connectivity index (χ0) is 11.7. The maximum absolute atomic E-state index is 13.7. The summed E-state index contributed by atoms with van der Waals surface area (Å²) >= 11 is 0. The van der Waals surface area contributed by atoms with E-state index in [1.807, 2.05) is 13.0 Å². The molecule has 1 N–H and O–H groups in total. The fourth-order valence-electron chi connectivity index (χ4n) is 2.64. The molecule has 0 aromatic heterocycles. The summed E-state index contributed by atoms with van der Waals surface area (Å²) in [6, 6.07) is 5.11. The Hall–Kier alpha value is -1.38. The maximum atomic E-state index is 13.7. The average Bonchev–Trinajstić information content (AvgIpc) is 2.22. The van der Waals surface area contributed by atoms with Gasteiger partial charge < -0.3 is 5.11 Å². The third-order valence-corrected chi connectivity index (χ3v) is 3.53. The van der Waals surface area contributed by atoms with Gasteiger partial charge >= 0.3 is 5.97 Å². The van der Waals surface area contributed by atoms with Gasteiger partial charge in [-0.15, -0.1) is 0 Å². The molecule has 3 heteroatoms. The average molecular weight is 222 g/mol. The summed E-state index contributed by atoms with van der Waals surface area (Å²) in [5, 5.41) is 8.81. The van der Waals surface area contributed by atoms with Gasteiger partial charge in [-0.1, -0.05) is 19.1 Å². The molecule has 1 aromatic carbocycles. The summed E-state index contributed by atoms with van der Waals surface area (Å²) in [6.45, 7) is 1.93. The van der Waals surface area contributed by atoms with E-state index in [0.29, 0.717) is 0 Å². The van der Waals surface area contributed by atoms with Gasteiger partial charge in [-0.25, -0.2) is 4.39 Å². The minimum absolute atomic E-state index is 0.000972. The maximum Gasteiger partial charge on any atom is 0.303 e. The summed E-state index contributed by atoms with van der Waals surface area (Å²) in [7, 11) is 0. The monoisotopic (exact) mass is 222 g/mol. The number of benzene rings is 1. The van der Waals surface area contributed by atoms with Crippen LogP contribution in [0.1, 0.15) is 36.8 Å². The van der Waals surface area contributed by atoms with E-state index in [-0.39, 0.29) is 24.1 Å². The quantitative estimate of drug-likeness (QED) is 0.835. The molecule has 0 bridgehead atoms. The molecule has 2 nitrogen and oxygen atoms in total. The predicted molar refractivity (Wildman–Crippen MR) is 58.9 cm³/mol. The normalized spacial score (nSPS) is 23.9. The number of carbonyl (C=O) groups is 1. The second-order valence-electron chi connectivity index (χ2n) is 4.50. The van der Waals surface area contributed by atoms with E-state index >= 15 is 0 Å². The Morgan fingerprint density at radius 2 is 2.31 bits per heavy atom. The zero-order valence-electron chi connectivity index (χ0n) is 9.24. The molecule has 1 aliphatic carbocycles. The number of rotatable bonds is 2. The van der Waals surface area contributed by atoms with Crippen molar-refractivity contribution in [3.05, 3.63) is 35.1 Å². The van der Waals surface area contributed by atoms with E-state index in [4.69, 9.17) is 5.11 Å². The van der Waals surface area contributed by atoms with Gasteiger partial charge in [-0.2, -0.15) is 0 Å². The number of halogens is 1. The SMILES string of the molecule is CC1c2c(F)cccc2CCC1CC(=O)O. The number of fused-ring (bicyclic) bond motifs is 1. The van der Waals surface area contributed by atoms with Gasteiger partial charge in [0.1, 0.15) is 5.82 Å². The van der Waals surface area contributed by atoms with Gasteiger partial charge in [0.2, 0.25) is 0 Å². The Balaban J connectivity index is 2.30. The van der Waals surface area contributed by atoms with E-state index in [2.05, 4.69) is 0 Å². The molecule has 86 valence electrons. The largest absolute Gasteiger partial charge is 0.481 e. The van der Waals surface area contributed by atoms with E-state index < -0.39 is 5.97 Å². The molecule has 0 saturated heterocycles. The van der Waals surface area contributed by atoms with Crippen molar-refractivity contribution in [2.75, 3.05) is 0 Å². The van der Waals surface area contributed by atoms with E-state index in [1.54, 1.807) is 6.07 Å². The summed E-state index contributed by atoms with van der Waals surface area (Å²) in [5.74, 6) is -0.931. The number of aryl methyl sites for hydroxylation is 1. The van der Waals surface area contributed by atoms with Crippen molar-refractivity contribution in [3.8, 4) is 0 Å². The fourth-order valence-corrected chi connectivity index (χ4v) is 2.64. The molecule has 0 heterocycles. The van der Waals surface area contributed by atoms with Gasteiger partial charge in [0, 0.05) is 6.42 Å². The first kappa shape index (κ1) is 11.1. The second kappa shape index (κ2) is 4.24. The molecule has 2 unspecified atom stereocenters. The zero-order valence-corrected chi connectivity index (χ0v) is 9.24. The van der Waals surface area contributed by atoms with Crippen LogP contribution in [0.5, 0.6) is 0 Å². The third kappa shape index (κ3) is 1.94. The van der Waals surface area contributed by atoms with Crippen molar-refractivity contribution in [1.82, 2.24) is 0 Å². The van der Waals surface area contributed by atoms with Crippen LogP contribution >= 0.6 is 0 Å². The lowest BCUT2D eigenvalue weighted by Gasteiger charge is -2.30. The topological polar surface area (TPSA) is 37.3 Å². The molecular formula is C13H15FO2. The molecule has 0 radical (unpaired) electrons. The van der Waals surface area contributed by atoms with E-state index in [9.17, 15) is 9.18 Å². The van der Waals surface area contributed by atoms with Gasteiger partial charge in [-0.05, 0) is 41.9 Å². The third-order valence-electron chi connectivity index (χ3n) is 3.53. The van der Waals surface area contributed by atoms with Crippen LogP contribution in [0.3, 0.4) is 0 Å². The van der Waals surface area contributed by atoms with Crippen molar-refractivity contribution in [1.29, 1.82) is 0 Å². The number of aliphatic carboxylic acids is 1. The van der Waals surface area contributed by atoms with Crippen LogP contribution in [0.4, 0.5) is 4.39 Å². The minimum Gasteiger partial charge on any atom is -0.481 e. The van der Waals surface area contributed by atoms with Crippen molar-refractivity contribution in [2.45, 2.75) is 32.1 Å². The summed E-state index contributed by atoms with van der Waals surface area (Å²) < 4.78 is 13.7. The highest BCUT2D eigenvalue weighted by molar-refractivity contribution is 5.67. The van der Waals surface area contributed by atoms with Crippen LogP contribution in [0.2, 0.25) is 0 Å². The lowest BCUT2D eigenvalue weighted by Crippen LogP contribution is -2.22. The highest BCUT2D eigenvalue weighted by Gasteiger charge is 2.29. The fraction of sp³-hybridized carbons (Fsp3) is 0.462. The van der Waals surface area contributed by atoms with Crippen LogP contribution < -0.4 is 0 Å². The van der Waals surface area contributed by atoms with Gasteiger partial charge in [0.05, 0.1) is 0 Å². The summed E-state index contributed by atoms with van der Waals surface area (Å²) in [4.78, 5) is 10.7. The molecule has 0 saturated carbocycles.